The van der Waals surface area contributed by atoms with Crippen molar-refractivity contribution in [2.75, 3.05) is 32.7 Å². The molecule has 0 radical (unpaired) electrons. The summed E-state index contributed by atoms with van der Waals surface area (Å²) < 4.78 is 0. The summed E-state index contributed by atoms with van der Waals surface area (Å²) in [6.07, 6.45) is 6.72. The van der Waals surface area contributed by atoms with Gasteiger partial charge in [-0.05, 0) is 63.6 Å². The molecule has 6 nitrogen and oxygen atoms in total. The van der Waals surface area contributed by atoms with E-state index in [2.05, 4.69) is 22.1 Å². The summed E-state index contributed by atoms with van der Waals surface area (Å²) in [6, 6.07) is 10.6. The molecule has 6 heteroatoms. The third kappa shape index (κ3) is 5.34. The number of hydrogen-bond donors (Lipinski definition) is 2. The predicted octanol–water partition coefficient (Wildman–Crippen LogP) is 4.04. The van der Waals surface area contributed by atoms with Gasteiger partial charge in [-0.1, -0.05) is 31.5 Å². The molecule has 1 aromatic carbocycles. The van der Waals surface area contributed by atoms with Gasteiger partial charge in [0.15, 0.2) is 0 Å². The van der Waals surface area contributed by atoms with Crippen molar-refractivity contribution in [2.45, 2.75) is 58.4 Å². The van der Waals surface area contributed by atoms with Gasteiger partial charge in [-0.15, -0.1) is 0 Å². The Balaban J connectivity index is 1.19. The fraction of sp³-hybridized carbons (Fsp3) is 0.615. The number of aromatic amines is 1. The first-order valence-corrected chi connectivity index (χ1v) is 12.4. The first-order valence-electron chi connectivity index (χ1n) is 12.4. The van der Waals surface area contributed by atoms with Crippen LogP contribution >= 0.6 is 0 Å². The summed E-state index contributed by atoms with van der Waals surface area (Å²) >= 11 is 0. The fourth-order valence-corrected chi connectivity index (χ4v) is 5.32. The zero-order chi connectivity index (χ0) is 22.5. The van der Waals surface area contributed by atoms with E-state index in [9.17, 15) is 9.59 Å². The van der Waals surface area contributed by atoms with Gasteiger partial charge in [-0.25, -0.2) is 0 Å². The lowest BCUT2D eigenvalue weighted by Gasteiger charge is -2.34. The van der Waals surface area contributed by atoms with Crippen molar-refractivity contribution in [2.24, 2.45) is 11.8 Å². The third-order valence-electron chi connectivity index (χ3n) is 7.57. The van der Waals surface area contributed by atoms with Crippen LogP contribution in [0.2, 0.25) is 0 Å². The summed E-state index contributed by atoms with van der Waals surface area (Å²) in [5.74, 6) is 0.555. The number of rotatable bonds is 7. The summed E-state index contributed by atoms with van der Waals surface area (Å²) in [4.78, 5) is 33.3. The minimum Gasteiger partial charge on any atom is -0.356 e. The van der Waals surface area contributed by atoms with Crippen LogP contribution in [-0.4, -0.2) is 65.4 Å². The molecule has 1 aromatic heterocycles. The van der Waals surface area contributed by atoms with Crippen molar-refractivity contribution in [3.63, 3.8) is 0 Å². The monoisotopic (exact) mass is 438 g/mol. The summed E-state index contributed by atoms with van der Waals surface area (Å²) in [7, 11) is 0. The van der Waals surface area contributed by atoms with Crippen LogP contribution in [0.25, 0.3) is 10.9 Å². The van der Waals surface area contributed by atoms with Gasteiger partial charge < -0.3 is 20.1 Å². The lowest BCUT2D eigenvalue weighted by molar-refractivity contribution is -0.126. The first kappa shape index (κ1) is 22.8. The summed E-state index contributed by atoms with van der Waals surface area (Å²) in [5.41, 5.74) is 1.64. The van der Waals surface area contributed by atoms with Gasteiger partial charge in [0.2, 0.25) is 5.91 Å². The van der Waals surface area contributed by atoms with E-state index >= 15 is 0 Å². The number of carbonyl (C=O) groups excluding carboxylic acids is 2. The number of aromatic nitrogens is 1. The number of nitrogens with zero attached hydrogens (tertiary/aromatic N) is 2. The second-order valence-electron chi connectivity index (χ2n) is 9.71. The molecule has 2 aromatic rings. The molecule has 32 heavy (non-hydrogen) atoms. The number of benzene rings is 1. The molecule has 2 N–H and O–H groups in total. The highest BCUT2D eigenvalue weighted by Crippen LogP contribution is 2.26. The normalized spacial score (nSPS) is 21.6. The topological polar surface area (TPSA) is 68.4 Å². The maximum absolute atomic E-state index is 12.9. The van der Waals surface area contributed by atoms with Gasteiger partial charge in [0.05, 0.1) is 0 Å². The number of H-pyrrole nitrogens is 1. The van der Waals surface area contributed by atoms with E-state index in [-0.39, 0.29) is 17.7 Å². The van der Waals surface area contributed by atoms with Crippen LogP contribution in [0.1, 0.15) is 62.9 Å². The Morgan fingerprint density at radius 2 is 1.91 bits per heavy atom. The maximum atomic E-state index is 12.9. The molecule has 0 aliphatic carbocycles. The highest BCUT2D eigenvalue weighted by Gasteiger charge is 2.30. The fourth-order valence-electron chi connectivity index (χ4n) is 5.32. The summed E-state index contributed by atoms with van der Waals surface area (Å²) in [5, 5.41) is 4.22. The zero-order valence-corrected chi connectivity index (χ0v) is 19.6. The standard InChI is InChI=1S/C26H38N4O2/c1-19-8-5-6-14-29(19)15-7-13-27-25(31)20(2)21-11-16-30(17-12-21)26(32)24-18-22-9-3-4-10-23(22)28-24/h3-4,9-10,18-21,28H,5-8,11-17H2,1-2H3,(H,27,31)/t19-,20+/m0/s1. The van der Waals surface area contributed by atoms with Crippen molar-refractivity contribution in [3.05, 3.63) is 36.0 Å². The van der Waals surface area contributed by atoms with Crippen molar-refractivity contribution in [1.29, 1.82) is 0 Å². The van der Waals surface area contributed by atoms with Crippen LogP contribution in [0.3, 0.4) is 0 Å². The van der Waals surface area contributed by atoms with Crippen LogP contribution < -0.4 is 5.32 Å². The van der Waals surface area contributed by atoms with E-state index in [0.717, 1.165) is 43.3 Å². The highest BCUT2D eigenvalue weighted by molar-refractivity contribution is 5.98. The number of hydrogen-bond acceptors (Lipinski definition) is 3. The van der Waals surface area contributed by atoms with Gasteiger partial charge in [0, 0.05) is 49.0 Å². The largest absolute Gasteiger partial charge is 0.356 e. The van der Waals surface area contributed by atoms with E-state index in [4.69, 9.17) is 0 Å². The second kappa shape index (κ2) is 10.5. The Hall–Kier alpha value is -2.34. The first-order chi connectivity index (χ1) is 15.5. The molecule has 0 spiro atoms. The van der Waals surface area contributed by atoms with E-state index < -0.39 is 0 Å². The molecule has 0 bridgehead atoms. The average molecular weight is 439 g/mol. The molecule has 3 heterocycles. The second-order valence-corrected chi connectivity index (χ2v) is 9.71. The molecule has 2 saturated heterocycles. The Bertz CT molecular complexity index is 882. The van der Waals surface area contributed by atoms with Crippen molar-refractivity contribution in [3.8, 4) is 0 Å². The van der Waals surface area contributed by atoms with Crippen LogP contribution in [0.5, 0.6) is 0 Å². The number of piperidine rings is 2. The molecule has 2 aliphatic heterocycles. The minimum absolute atomic E-state index is 0.00534. The lowest BCUT2D eigenvalue weighted by atomic mass is 9.84. The van der Waals surface area contributed by atoms with Gasteiger partial charge in [0.1, 0.15) is 5.69 Å². The quantitative estimate of drug-likeness (QED) is 0.641. The number of fused-ring (bicyclic) bond motifs is 1. The number of likely N-dealkylation sites (tertiary alicyclic amines) is 2. The van der Waals surface area contributed by atoms with Gasteiger partial charge in [0.25, 0.3) is 5.91 Å². The molecule has 4 rings (SSSR count). The lowest BCUT2D eigenvalue weighted by Crippen LogP contribution is -2.43. The molecule has 2 aliphatic rings. The van der Waals surface area contributed by atoms with Gasteiger partial charge in [-0.3, -0.25) is 9.59 Å². The van der Waals surface area contributed by atoms with E-state index in [1.807, 2.05) is 42.2 Å². The molecule has 174 valence electrons. The number of amides is 2. The minimum atomic E-state index is -0.00534. The summed E-state index contributed by atoms with van der Waals surface area (Å²) in [6.45, 7) is 8.80. The molecular weight excluding hydrogens is 400 g/mol. The maximum Gasteiger partial charge on any atom is 0.270 e. The zero-order valence-electron chi connectivity index (χ0n) is 19.6. The van der Waals surface area contributed by atoms with E-state index in [0.29, 0.717) is 30.7 Å². The predicted molar refractivity (Wildman–Crippen MR) is 129 cm³/mol. The van der Waals surface area contributed by atoms with E-state index in [1.165, 1.54) is 25.8 Å². The Kier molecular flexibility index (Phi) is 7.51. The smallest absolute Gasteiger partial charge is 0.270 e. The van der Waals surface area contributed by atoms with Crippen molar-refractivity contribution >= 4 is 22.7 Å². The number of para-hydroxylation sites is 1. The molecule has 2 fully saturated rings. The van der Waals surface area contributed by atoms with Crippen LogP contribution in [-0.2, 0) is 4.79 Å². The average Bonchev–Trinajstić information content (AvgIpc) is 3.26. The number of nitrogens with one attached hydrogen (secondary N) is 2. The van der Waals surface area contributed by atoms with E-state index in [1.54, 1.807) is 0 Å². The molecular formula is C26H38N4O2. The molecule has 2 atom stereocenters. The molecule has 0 unspecified atom stereocenters. The van der Waals surface area contributed by atoms with Crippen molar-refractivity contribution < 1.29 is 9.59 Å². The van der Waals surface area contributed by atoms with Gasteiger partial charge >= 0.3 is 0 Å². The molecule has 0 saturated carbocycles. The highest BCUT2D eigenvalue weighted by atomic mass is 16.2. The molecule has 2 amide bonds. The van der Waals surface area contributed by atoms with Crippen LogP contribution in [0.4, 0.5) is 0 Å². The number of carbonyl (C=O) groups is 2. The Morgan fingerprint density at radius 3 is 2.66 bits per heavy atom. The Morgan fingerprint density at radius 1 is 1.12 bits per heavy atom. The van der Waals surface area contributed by atoms with Crippen LogP contribution in [0, 0.1) is 11.8 Å². The van der Waals surface area contributed by atoms with Crippen molar-refractivity contribution in [1.82, 2.24) is 20.1 Å². The van der Waals surface area contributed by atoms with Gasteiger partial charge in [-0.2, -0.15) is 0 Å². The Labute approximate surface area is 191 Å². The van der Waals surface area contributed by atoms with Crippen LogP contribution in [0.15, 0.2) is 30.3 Å². The SMILES string of the molecule is C[C@@H](C(=O)NCCCN1CCCC[C@@H]1C)C1CCN(C(=O)c2cc3ccccc3[nH]2)CC1. The third-order valence-corrected chi connectivity index (χ3v) is 7.57.